The second-order valence-electron chi connectivity index (χ2n) is 10.4. The first kappa shape index (κ1) is 23.4. The lowest BCUT2D eigenvalue weighted by molar-refractivity contribution is -0.127. The van der Waals surface area contributed by atoms with Crippen LogP contribution in [0.2, 0.25) is 0 Å². The Balaban J connectivity index is 1.25. The van der Waals surface area contributed by atoms with Crippen molar-refractivity contribution >= 4 is 28.5 Å². The quantitative estimate of drug-likeness (QED) is 0.405. The molecule has 8 heteroatoms. The summed E-state index contributed by atoms with van der Waals surface area (Å²) < 4.78 is 5.98. The molecule has 35 heavy (non-hydrogen) atoms. The maximum atomic E-state index is 13.2. The maximum absolute atomic E-state index is 13.2. The van der Waals surface area contributed by atoms with E-state index in [0.29, 0.717) is 49.9 Å². The molecule has 2 aromatic rings. The van der Waals surface area contributed by atoms with Crippen LogP contribution in [0.15, 0.2) is 24.3 Å². The Hall–Kier alpha value is -3.34. The largest absolute Gasteiger partial charge is 0.493 e. The number of aromatic nitrogens is 1. The topological polar surface area (TPSA) is 124 Å². The van der Waals surface area contributed by atoms with Crippen LogP contribution < -0.4 is 15.4 Å². The normalized spacial score (nSPS) is 21.2. The van der Waals surface area contributed by atoms with Gasteiger partial charge < -0.3 is 20.4 Å². The summed E-state index contributed by atoms with van der Waals surface area (Å²) >= 11 is 0. The molecule has 184 valence electrons. The summed E-state index contributed by atoms with van der Waals surface area (Å²) in [5, 5.41) is 16.0. The Kier molecular flexibility index (Phi) is 6.76. The number of nitriles is 1. The van der Waals surface area contributed by atoms with Gasteiger partial charge in [0, 0.05) is 35.7 Å². The van der Waals surface area contributed by atoms with Gasteiger partial charge >= 0.3 is 0 Å². The summed E-state index contributed by atoms with van der Waals surface area (Å²) in [5.74, 6) is 0.621. The molecule has 2 saturated carbocycles. The van der Waals surface area contributed by atoms with Crippen LogP contribution in [0.5, 0.6) is 5.75 Å². The van der Waals surface area contributed by atoms with Crippen LogP contribution in [0.4, 0.5) is 0 Å². The molecule has 8 nitrogen and oxygen atoms in total. The highest BCUT2D eigenvalue weighted by Gasteiger charge is 2.34. The van der Waals surface area contributed by atoms with Crippen LogP contribution in [0.1, 0.15) is 61.9 Å². The van der Waals surface area contributed by atoms with E-state index < -0.39 is 12.0 Å². The molecule has 5 rings (SSSR count). The summed E-state index contributed by atoms with van der Waals surface area (Å²) in [6, 6.07) is 8.94. The average Bonchev–Trinajstić information content (AvgIpc) is 3.77. The van der Waals surface area contributed by atoms with Gasteiger partial charge in [0.05, 0.1) is 18.4 Å². The van der Waals surface area contributed by atoms with Gasteiger partial charge in [0.2, 0.25) is 11.8 Å². The van der Waals surface area contributed by atoms with E-state index in [0.717, 1.165) is 29.5 Å². The van der Waals surface area contributed by atoms with E-state index in [2.05, 4.69) is 21.7 Å². The summed E-state index contributed by atoms with van der Waals surface area (Å²) in [6.07, 6.45) is 6.22. The van der Waals surface area contributed by atoms with E-state index in [-0.39, 0.29) is 29.9 Å². The zero-order chi connectivity index (χ0) is 24.4. The molecule has 1 aromatic heterocycles. The predicted molar refractivity (Wildman–Crippen MR) is 130 cm³/mol. The molecule has 1 saturated heterocycles. The fourth-order valence-corrected chi connectivity index (χ4v) is 4.86. The molecule has 3 N–H and O–H groups in total. The van der Waals surface area contributed by atoms with Crippen molar-refractivity contribution in [1.29, 1.82) is 5.26 Å². The lowest BCUT2D eigenvalue weighted by atomic mass is 9.93. The summed E-state index contributed by atoms with van der Waals surface area (Å²) in [4.78, 5) is 41.4. The maximum Gasteiger partial charge on any atom is 0.224 e. The lowest BCUT2D eigenvalue weighted by Crippen LogP contribution is -2.40. The molecule has 0 spiro atoms. The molecule has 1 aliphatic heterocycles. The first-order valence-corrected chi connectivity index (χ1v) is 12.8. The second-order valence-corrected chi connectivity index (χ2v) is 10.4. The van der Waals surface area contributed by atoms with Crippen LogP contribution >= 0.6 is 0 Å². The van der Waals surface area contributed by atoms with Crippen LogP contribution in [0, 0.1) is 35.0 Å². The van der Waals surface area contributed by atoms with Crippen molar-refractivity contribution in [2.45, 2.75) is 57.4 Å². The predicted octanol–water partition coefficient (Wildman–Crippen LogP) is 3.48. The molecule has 0 unspecified atom stereocenters. The Morgan fingerprint density at radius 2 is 1.94 bits per heavy atom. The number of hydrogen-bond donors (Lipinski definition) is 3. The number of ketones is 1. The third-order valence-corrected chi connectivity index (χ3v) is 7.37. The van der Waals surface area contributed by atoms with Gasteiger partial charge in [0.15, 0.2) is 5.78 Å². The van der Waals surface area contributed by atoms with Crippen molar-refractivity contribution < 1.29 is 19.1 Å². The third kappa shape index (κ3) is 5.84. The minimum atomic E-state index is -0.743. The number of aromatic amines is 1. The minimum Gasteiger partial charge on any atom is -0.493 e. The Bertz CT molecular complexity index is 1160. The Labute approximate surface area is 204 Å². The molecular formula is C27H32N4O4. The number of carbonyl (C=O) groups excluding carboxylic acids is 3. The number of carbonyl (C=O) groups is 3. The highest BCUT2D eigenvalue weighted by molar-refractivity contribution is 6.02. The zero-order valence-electron chi connectivity index (χ0n) is 19.8. The number of amides is 2. The molecular weight excluding hydrogens is 444 g/mol. The van der Waals surface area contributed by atoms with E-state index in [1.807, 2.05) is 24.3 Å². The van der Waals surface area contributed by atoms with Crippen molar-refractivity contribution in [3.63, 3.8) is 0 Å². The summed E-state index contributed by atoms with van der Waals surface area (Å²) in [7, 11) is 0. The number of ether oxygens (including phenoxy) is 1. The van der Waals surface area contributed by atoms with E-state index in [1.54, 1.807) is 0 Å². The van der Waals surface area contributed by atoms with Gasteiger partial charge in [-0.05, 0) is 62.1 Å². The van der Waals surface area contributed by atoms with Gasteiger partial charge in [-0.15, -0.1) is 0 Å². The number of hydrogen-bond acceptors (Lipinski definition) is 5. The van der Waals surface area contributed by atoms with Crippen molar-refractivity contribution in [3.8, 4) is 11.8 Å². The smallest absolute Gasteiger partial charge is 0.224 e. The second kappa shape index (κ2) is 10.1. The number of nitrogens with zero attached hydrogens (tertiary/aromatic N) is 1. The Morgan fingerprint density at radius 3 is 2.63 bits per heavy atom. The first-order valence-electron chi connectivity index (χ1n) is 12.8. The van der Waals surface area contributed by atoms with Gasteiger partial charge in [0.25, 0.3) is 0 Å². The number of Topliss-reactive ketones (excluding diaryl/α,β-unsaturated/α-hetero) is 1. The van der Waals surface area contributed by atoms with E-state index in [9.17, 15) is 19.6 Å². The zero-order valence-corrected chi connectivity index (χ0v) is 19.8. The van der Waals surface area contributed by atoms with E-state index >= 15 is 0 Å². The van der Waals surface area contributed by atoms with Crippen molar-refractivity contribution in [3.05, 3.63) is 30.0 Å². The molecule has 0 radical (unpaired) electrons. The molecule has 2 aliphatic carbocycles. The highest BCUT2D eigenvalue weighted by Crippen LogP contribution is 2.37. The first-order chi connectivity index (χ1) is 17.0. The molecule has 3 atom stereocenters. The van der Waals surface area contributed by atoms with Crippen LogP contribution in [0.25, 0.3) is 10.9 Å². The number of rotatable bonds is 12. The van der Waals surface area contributed by atoms with E-state index in [1.165, 1.54) is 12.8 Å². The molecule has 3 fully saturated rings. The van der Waals surface area contributed by atoms with Crippen LogP contribution in [-0.2, 0) is 9.59 Å². The SMILES string of the molecule is N#C[C@H](C[C@@H]1CCNC1=O)NC(=O)[C@@H](CC(=O)c1cc2c(OCC3CC3)cccc2[nH]1)CC1CC1. The van der Waals surface area contributed by atoms with Gasteiger partial charge in [-0.3, -0.25) is 14.4 Å². The number of H-pyrrole nitrogens is 1. The highest BCUT2D eigenvalue weighted by atomic mass is 16.5. The summed E-state index contributed by atoms with van der Waals surface area (Å²) in [5.41, 5.74) is 1.31. The van der Waals surface area contributed by atoms with Crippen molar-refractivity contribution in [2.24, 2.45) is 23.7 Å². The average molecular weight is 477 g/mol. The fourth-order valence-electron chi connectivity index (χ4n) is 4.86. The number of fused-ring (bicyclic) bond motifs is 1. The molecule has 3 aliphatic rings. The van der Waals surface area contributed by atoms with E-state index in [4.69, 9.17) is 4.74 Å². The van der Waals surface area contributed by atoms with Crippen molar-refractivity contribution in [1.82, 2.24) is 15.6 Å². The molecule has 2 heterocycles. The number of nitrogens with one attached hydrogen (secondary N) is 3. The monoisotopic (exact) mass is 476 g/mol. The lowest BCUT2D eigenvalue weighted by Gasteiger charge is -2.19. The minimum absolute atomic E-state index is 0.0662. The van der Waals surface area contributed by atoms with Crippen LogP contribution in [0.3, 0.4) is 0 Å². The molecule has 2 amide bonds. The Morgan fingerprint density at radius 1 is 1.14 bits per heavy atom. The van der Waals surface area contributed by atoms with Gasteiger partial charge in [0.1, 0.15) is 11.8 Å². The summed E-state index contributed by atoms with van der Waals surface area (Å²) in [6.45, 7) is 1.30. The number of benzene rings is 1. The standard InChI is InChI=1S/C27H32N4O4/c28-14-20(11-18-8-9-29-26(18)33)30-27(34)19(10-16-4-5-16)12-24(32)23-13-21-22(31-23)2-1-3-25(21)35-15-17-6-7-17/h1-3,13,16-20,31H,4-12,15H2,(H,29,33)(H,30,34)/t18-,19+,20-/m0/s1. The van der Waals surface area contributed by atoms with Crippen molar-refractivity contribution in [2.75, 3.05) is 13.2 Å². The van der Waals surface area contributed by atoms with Gasteiger partial charge in [-0.25, -0.2) is 0 Å². The molecule has 0 bridgehead atoms. The third-order valence-electron chi connectivity index (χ3n) is 7.37. The van der Waals surface area contributed by atoms with Gasteiger partial charge in [-0.1, -0.05) is 18.9 Å². The van der Waals surface area contributed by atoms with Crippen LogP contribution in [-0.4, -0.2) is 41.8 Å². The fraction of sp³-hybridized carbons (Fsp3) is 0.556. The van der Waals surface area contributed by atoms with Gasteiger partial charge in [-0.2, -0.15) is 5.26 Å². The molecule has 1 aromatic carbocycles.